The quantitative estimate of drug-likeness (QED) is 0.0924. The van der Waals surface area contributed by atoms with Crippen molar-refractivity contribution in [1.29, 1.82) is 0 Å². The van der Waals surface area contributed by atoms with E-state index in [1.165, 1.54) is 18.2 Å². The molecule has 2 aliphatic rings. The molecule has 0 unspecified atom stereocenters. The molecule has 4 aromatic carbocycles. The second-order valence-electron chi connectivity index (χ2n) is 17.0. The molecule has 6 aromatic heterocycles. The smallest absolute Gasteiger partial charge is 0.345 e. The molecule has 0 saturated carbocycles. The standard InChI is InChI=1S/C26H23FN4O2.C14H16FN3.C12H7NO3/c27-17-6-5-16-7-10-28-25(21(16)13-17)31-11-8-18(9-12-31)29-15-19-14-22-24(30-19)20-3-1-2-4-23(20)33-26(22)32;15-11-2-1-10-3-6-17-14(13(10)9-11)18-7-4-12(16)5-8-18;14-6-7-5-9-11(13-7)8-3-1-2-4-10(8)16-12(9)15/h1-7,10,13-14,18,29-30H,8-9,11-12,15H2;1-3,6,9,12H,4-5,7-8,16H2;1-6,13H. The average molecular weight is 901 g/mol. The van der Waals surface area contributed by atoms with Gasteiger partial charge in [0.15, 0.2) is 6.29 Å². The van der Waals surface area contributed by atoms with Gasteiger partial charge in [-0.15, -0.1) is 0 Å². The molecule has 0 bridgehead atoms. The molecule has 2 aliphatic heterocycles. The van der Waals surface area contributed by atoms with E-state index in [0.29, 0.717) is 52.0 Å². The molecule has 10 aromatic rings. The van der Waals surface area contributed by atoms with Crippen LogP contribution < -0.4 is 32.1 Å². The van der Waals surface area contributed by atoms with Crippen molar-refractivity contribution in [2.45, 2.75) is 44.3 Å². The number of pyridine rings is 2. The summed E-state index contributed by atoms with van der Waals surface area (Å²) in [7, 11) is 0. The fourth-order valence-electron chi connectivity index (χ4n) is 9.14. The molecule has 0 radical (unpaired) electrons. The molecule has 0 atom stereocenters. The summed E-state index contributed by atoms with van der Waals surface area (Å²) in [6.45, 7) is 4.13. The number of rotatable bonds is 6. The summed E-state index contributed by atoms with van der Waals surface area (Å²) in [5.74, 6) is 1.26. The van der Waals surface area contributed by atoms with Crippen LogP contribution in [0.25, 0.3) is 65.3 Å². The highest BCUT2D eigenvalue weighted by molar-refractivity contribution is 6.04. The van der Waals surface area contributed by atoms with Crippen molar-refractivity contribution in [1.82, 2.24) is 25.3 Å². The summed E-state index contributed by atoms with van der Waals surface area (Å²) in [6.07, 6.45) is 8.09. The maximum atomic E-state index is 13.8. The monoisotopic (exact) mass is 900 g/mol. The Morgan fingerprint density at radius 3 is 1.69 bits per heavy atom. The molecule has 0 amide bonds. The molecule has 5 N–H and O–H groups in total. The molecule has 13 nitrogen and oxygen atoms in total. The third-order valence-corrected chi connectivity index (χ3v) is 12.6. The zero-order chi connectivity index (χ0) is 46.0. The minimum Gasteiger partial charge on any atom is -0.422 e. The minimum absolute atomic E-state index is 0.217. The van der Waals surface area contributed by atoms with E-state index < -0.39 is 5.63 Å². The number of carbonyl (C=O) groups is 1. The second-order valence-corrected chi connectivity index (χ2v) is 17.0. The van der Waals surface area contributed by atoms with Gasteiger partial charge in [-0.2, -0.15) is 0 Å². The number of aromatic amines is 2. The number of nitrogens with one attached hydrogen (secondary N) is 3. The van der Waals surface area contributed by atoms with Crippen molar-refractivity contribution in [3.63, 3.8) is 0 Å². The Balaban J connectivity index is 0.000000130. The van der Waals surface area contributed by atoms with Crippen LogP contribution in [-0.4, -0.2) is 64.5 Å². The molecular weight excluding hydrogens is 855 g/mol. The third-order valence-electron chi connectivity index (χ3n) is 12.6. The van der Waals surface area contributed by atoms with Gasteiger partial charge >= 0.3 is 11.3 Å². The number of para-hydroxylation sites is 2. The number of aldehydes is 1. The number of piperidine rings is 2. The largest absolute Gasteiger partial charge is 0.422 e. The Bertz CT molecular complexity index is 3550. The van der Waals surface area contributed by atoms with E-state index in [2.05, 4.69) is 35.1 Å². The SMILES string of the molecule is NC1CCN(c2nccc3ccc(F)cc23)CC1.O=Cc1cc2c(=O)oc3ccccc3c2[nH]1.O=c1oc2ccccc2c2[nH]c(CNC3CCN(c4nccc5ccc(F)cc45)CC3)cc12. The van der Waals surface area contributed by atoms with Crippen molar-refractivity contribution in [3.05, 3.63) is 165 Å². The average Bonchev–Trinajstić information content (AvgIpc) is 4.01. The first-order chi connectivity index (χ1) is 32.7. The number of anilines is 2. The van der Waals surface area contributed by atoms with Gasteiger partial charge in [0, 0.05) is 84.4 Å². The second kappa shape index (κ2) is 18.6. The number of fused-ring (bicyclic) bond motifs is 8. The van der Waals surface area contributed by atoms with Gasteiger partial charge in [0.05, 0.1) is 27.5 Å². The first kappa shape index (κ1) is 43.2. The van der Waals surface area contributed by atoms with Crippen LogP contribution >= 0.6 is 0 Å². The first-order valence-corrected chi connectivity index (χ1v) is 22.3. The maximum Gasteiger partial charge on any atom is 0.345 e. The Hall–Kier alpha value is -7.75. The van der Waals surface area contributed by atoms with Crippen LogP contribution in [-0.2, 0) is 6.54 Å². The Morgan fingerprint density at radius 2 is 1.13 bits per heavy atom. The van der Waals surface area contributed by atoms with Crippen LogP contribution in [0.1, 0.15) is 41.9 Å². The van der Waals surface area contributed by atoms with Gasteiger partial charge in [0.2, 0.25) is 0 Å². The number of nitrogens with two attached hydrogens (primary N) is 1. The number of hydrogen-bond donors (Lipinski definition) is 4. The number of H-pyrrole nitrogens is 2. The lowest BCUT2D eigenvalue weighted by Gasteiger charge is -2.33. The molecule has 15 heteroatoms. The minimum atomic E-state index is -0.432. The molecule has 0 spiro atoms. The summed E-state index contributed by atoms with van der Waals surface area (Å²) in [6, 6.07) is 32.3. The van der Waals surface area contributed by atoms with Crippen molar-refractivity contribution < 1.29 is 22.4 Å². The van der Waals surface area contributed by atoms with Crippen LogP contribution in [0.15, 0.2) is 140 Å². The number of hydrogen-bond acceptors (Lipinski definition) is 11. The first-order valence-electron chi connectivity index (χ1n) is 22.3. The topological polar surface area (TPSA) is 179 Å². The van der Waals surface area contributed by atoms with E-state index >= 15 is 0 Å². The summed E-state index contributed by atoms with van der Waals surface area (Å²) in [4.78, 5) is 54.3. The van der Waals surface area contributed by atoms with Crippen molar-refractivity contribution in [2.24, 2.45) is 5.73 Å². The molecule has 67 heavy (non-hydrogen) atoms. The maximum absolute atomic E-state index is 13.8. The van der Waals surface area contributed by atoms with Gasteiger partial charge in [-0.25, -0.2) is 28.3 Å². The lowest BCUT2D eigenvalue weighted by atomic mass is 10.0. The van der Waals surface area contributed by atoms with Crippen LogP contribution in [0.3, 0.4) is 0 Å². The zero-order valence-corrected chi connectivity index (χ0v) is 36.3. The van der Waals surface area contributed by atoms with E-state index in [4.69, 9.17) is 14.6 Å². The molecule has 8 heterocycles. The summed E-state index contributed by atoms with van der Waals surface area (Å²) in [5.41, 5.74) is 9.06. The number of halogens is 2. The molecule has 12 rings (SSSR count). The molecular formula is C52H46F2N8O5. The van der Waals surface area contributed by atoms with E-state index in [9.17, 15) is 23.2 Å². The fourth-order valence-corrected chi connectivity index (χ4v) is 9.14. The van der Waals surface area contributed by atoms with Crippen LogP contribution in [0, 0.1) is 11.6 Å². The van der Waals surface area contributed by atoms with E-state index in [-0.39, 0.29) is 23.3 Å². The number of aromatic nitrogens is 4. The summed E-state index contributed by atoms with van der Waals surface area (Å²) >= 11 is 0. The zero-order valence-electron chi connectivity index (χ0n) is 36.3. The normalized spacial score (nSPS) is 14.7. The Morgan fingerprint density at radius 1 is 0.627 bits per heavy atom. The molecule has 338 valence electrons. The molecule has 0 aliphatic carbocycles. The summed E-state index contributed by atoms with van der Waals surface area (Å²) in [5, 5.41) is 10.1. The number of benzene rings is 4. The van der Waals surface area contributed by atoms with Crippen molar-refractivity contribution in [3.8, 4) is 0 Å². The van der Waals surface area contributed by atoms with Crippen LogP contribution in [0.5, 0.6) is 0 Å². The number of carbonyl (C=O) groups excluding carboxylic acids is 1. The Kier molecular flexibility index (Phi) is 12.0. The van der Waals surface area contributed by atoms with Gasteiger partial charge in [0.25, 0.3) is 0 Å². The predicted molar refractivity (Wildman–Crippen MR) is 259 cm³/mol. The fraction of sp³-hybridized carbons (Fsp3) is 0.212. The molecule has 2 fully saturated rings. The van der Waals surface area contributed by atoms with Gasteiger partial charge in [-0.3, -0.25) is 4.79 Å². The predicted octanol–water partition coefficient (Wildman–Crippen LogP) is 9.11. The Labute approximate surface area is 381 Å². The number of nitrogens with zero attached hydrogens (tertiary/aromatic N) is 4. The van der Waals surface area contributed by atoms with Gasteiger partial charge < -0.3 is 39.7 Å². The highest BCUT2D eigenvalue weighted by atomic mass is 19.1. The third kappa shape index (κ3) is 8.98. The lowest BCUT2D eigenvalue weighted by Crippen LogP contribution is -2.42. The van der Waals surface area contributed by atoms with E-state index in [1.807, 2.05) is 54.6 Å². The van der Waals surface area contributed by atoms with Gasteiger partial charge in [-0.1, -0.05) is 36.4 Å². The molecule has 2 saturated heterocycles. The van der Waals surface area contributed by atoms with E-state index in [1.54, 1.807) is 48.8 Å². The lowest BCUT2D eigenvalue weighted by molar-refractivity contribution is 0.111. The van der Waals surface area contributed by atoms with Gasteiger partial charge in [0.1, 0.15) is 34.4 Å². The van der Waals surface area contributed by atoms with Crippen molar-refractivity contribution >= 4 is 83.2 Å². The summed E-state index contributed by atoms with van der Waals surface area (Å²) < 4.78 is 37.8. The van der Waals surface area contributed by atoms with Gasteiger partial charge in [-0.05, 0) is 109 Å². The highest BCUT2D eigenvalue weighted by Gasteiger charge is 2.23. The highest BCUT2D eigenvalue weighted by Crippen LogP contribution is 2.30. The van der Waals surface area contributed by atoms with Crippen LogP contribution in [0.4, 0.5) is 20.4 Å². The van der Waals surface area contributed by atoms with Crippen LogP contribution in [0.2, 0.25) is 0 Å². The van der Waals surface area contributed by atoms with E-state index in [0.717, 1.165) is 107 Å². The van der Waals surface area contributed by atoms with Crippen molar-refractivity contribution in [2.75, 3.05) is 36.0 Å².